The van der Waals surface area contributed by atoms with Gasteiger partial charge in [-0.15, -0.1) is 11.3 Å². The Labute approximate surface area is 167 Å². The highest BCUT2D eigenvalue weighted by Gasteiger charge is 2.42. The molecular formula is C20H22N4O3S. The summed E-state index contributed by atoms with van der Waals surface area (Å²) in [6.45, 7) is 1.86. The Hall–Kier alpha value is -2.58. The number of carbonyl (C=O) groups is 1. The molecule has 1 amide bonds. The van der Waals surface area contributed by atoms with Gasteiger partial charge in [-0.2, -0.15) is 4.98 Å². The first kappa shape index (κ1) is 18.8. The third kappa shape index (κ3) is 3.70. The summed E-state index contributed by atoms with van der Waals surface area (Å²) in [6, 6.07) is 7.49. The molecule has 1 unspecified atom stereocenters. The molecule has 0 aliphatic carbocycles. The van der Waals surface area contributed by atoms with E-state index in [1.165, 1.54) is 11.3 Å². The zero-order valence-corrected chi connectivity index (χ0v) is 16.5. The summed E-state index contributed by atoms with van der Waals surface area (Å²) in [5.41, 5.74) is 0.399. The van der Waals surface area contributed by atoms with Crippen LogP contribution in [0.4, 0.5) is 0 Å². The Morgan fingerprint density at radius 1 is 1.39 bits per heavy atom. The fraction of sp³-hybridized carbons (Fsp3) is 0.400. The normalized spacial score (nSPS) is 19.7. The maximum absolute atomic E-state index is 12.9. The average Bonchev–Trinajstić information content (AvgIpc) is 3.45. The van der Waals surface area contributed by atoms with Crippen molar-refractivity contribution >= 4 is 17.2 Å². The van der Waals surface area contributed by atoms with Gasteiger partial charge in [0.25, 0.3) is 11.8 Å². The lowest BCUT2D eigenvalue weighted by atomic mass is 9.76. The minimum Gasteiger partial charge on any atom is -0.385 e. The standard InChI is InChI=1S/C20H22N4O3S/c1-26-11-8-20(19-22-17(27-23-19)15-5-2-9-21-13-15)7-4-10-24(14-20)18(25)16-6-3-12-28-16/h2-3,5-6,9,12-13H,4,7-8,10-11,14H2,1H3. The third-order valence-corrected chi connectivity index (χ3v) is 6.05. The van der Waals surface area contributed by atoms with Gasteiger partial charge in [-0.05, 0) is 42.8 Å². The number of hydrogen-bond acceptors (Lipinski definition) is 7. The minimum atomic E-state index is -0.384. The first-order valence-electron chi connectivity index (χ1n) is 9.28. The second-order valence-electron chi connectivity index (χ2n) is 7.00. The van der Waals surface area contributed by atoms with E-state index < -0.39 is 0 Å². The monoisotopic (exact) mass is 398 g/mol. The molecule has 4 heterocycles. The molecule has 0 bridgehead atoms. The average molecular weight is 398 g/mol. The lowest BCUT2D eigenvalue weighted by molar-refractivity contribution is 0.0571. The molecule has 1 aliphatic heterocycles. The van der Waals surface area contributed by atoms with Crippen molar-refractivity contribution in [2.45, 2.75) is 24.7 Å². The molecule has 7 nitrogen and oxygen atoms in total. The van der Waals surface area contributed by atoms with Gasteiger partial charge < -0.3 is 14.2 Å². The van der Waals surface area contributed by atoms with Crippen LogP contribution in [-0.4, -0.2) is 52.7 Å². The quantitative estimate of drug-likeness (QED) is 0.633. The SMILES string of the molecule is COCCC1(c2noc(-c3cccnc3)n2)CCCN(C(=O)c2cccs2)C1. The first-order chi connectivity index (χ1) is 13.7. The van der Waals surface area contributed by atoms with Crippen LogP contribution in [-0.2, 0) is 10.2 Å². The molecule has 1 saturated heterocycles. The van der Waals surface area contributed by atoms with Crippen LogP contribution in [0.15, 0.2) is 46.6 Å². The van der Waals surface area contributed by atoms with Crippen molar-refractivity contribution in [2.24, 2.45) is 0 Å². The van der Waals surface area contributed by atoms with Gasteiger partial charge >= 0.3 is 0 Å². The maximum Gasteiger partial charge on any atom is 0.263 e. The number of rotatable bonds is 6. The van der Waals surface area contributed by atoms with Crippen LogP contribution in [0, 0.1) is 0 Å². The van der Waals surface area contributed by atoms with Crippen molar-refractivity contribution < 1.29 is 14.1 Å². The topological polar surface area (TPSA) is 81.3 Å². The molecule has 8 heteroatoms. The molecule has 3 aromatic heterocycles. The van der Waals surface area contributed by atoms with Gasteiger partial charge in [0, 0.05) is 39.2 Å². The van der Waals surface area contributed by atoms with Crippen molar-refractivity contribution in [1.29, 1.82) is 0 Å². The van der Waals surface area contributed by atoms with Gasteiger partial charge in [-0.25, -0.2) is 0 Å². The number of nitrogens with zero attached hydrogens (tertiary/aromatic N) is 4. The van der Waals surface area contributed by atoms with E-state index in [0.717, 1.165) is 36.2 Å². The van der Waals surface area contributed by atoms with Crippen LogP contribution in [0.1, 0.15) is 34.8 Å². The van der Waals surface area contributed by atoms with Crippen LogP contribution in [0.5, 0.6) is 0 Å². The van der Waals surface area contributed by atoms with E-state index >= 15 is 0 Å². The van der Waals surface area contributed by atoms with E-state index in [1.54, 1.807) is 19.5 Å². The first-order valence-corrected chi connectivity index (χ1v) is 10.2. The van der Waals surface area contributed by atoms with Crippen molar-refractivity contribution in [2.75, 3.05) is 26.8 Å². The van der Waals surface area contributed by atoms with E-state index in [-0.39, 0.29) is 11.3 Å². The number of methoxy groups -OCH3 is 1. The molecule has 0 radical (unpaired) electrons. The molecule has 1 atom stereocenters. The van der Waals surface area contributed by atoms with Crippen molar-refractivity contribution in [3.05, 3.63) is 52.7 Å². The molecule has 3 aromatic rings. The van der Waals surface area contributed by atoms with E-state index in [9.17, 15) is 4.79 Å². The molecule has 0 aromatic carbocycles. The smallest absolute Gasteiger partial charge is 0.263 e. The van der Waals surface area contributed by atoms with Crippen molar-refractivity contribution in [3.8, 4) is 11.5 Å². The van der Waals surface area contributed by atoms with Crippen molar-refractivity contribution in [3.63, 3.8) is 0 Å². The van der Waals surface area contributed by atoms with Gasteiger partial charge in [-0.3, -0.25) is 9.78 Å². The number of pyridine rings is 1. The zero-order chi connectivity index (χ0) is 19.4. The number of hydrogen-bond donors (Lipinski definition) is 0. The Morgan fingerprint density at radius 2 is 2.32 bits per heavy atom. The largest absolute Gasteiger partial charge is 0.385 e. The Morgan fingerprint density at radius 3 is 3.07 bits per heavy atom. The fourth-order valence-corrected chi connectivity index (χ4v) is 4.39. The summed E-state index contributed by atoms with van der Waals surface area (Å²) in [5, 5.41) is 6.22. The number of thiophene rings is 1. The number of carbonyl (C=O) groups excluding carboxylic acids is 1. The predicted molar refractivity (Wildman–Crippen MR) is 105 cm³/mol. The Kier molecular flexibility index (Phi) is 5.50. The predicted octanol–water partition coefficient (Wildman–Crippen LogP) is 3.40. The second-order valence-corrected chi connectivity index (χ2v) is 7.94. The van der Waals surface area contributed by atoms with Gasteiger partial charge in [0.1, 0.15) is 0 Å². The highest BCUT2D eigenvalue weighted by Crippen LogP contribution is 2.37. The molecular weight excluding hydrogens is 376 g/mol. The highest BCUT2D eigenvalue weighted by molar-refractivity contribution is 7.12. The van der Waals surface area contributed by atoms with Crippen LogP contribution in [0.2, 0.25) is 0 Å². The lowest BCUT2D eigenvalue weighted by Crippen LogP contribution is -2.49. The molecule has 0 N–H and O–H groups in total. The molecule has 1 fully saturated rings. The summed E-state index contributed by atoms with van der Waals surface area (Å²) in [5.74, 6) is 1.14. The van der Waals surface area contributed by atoms with Crippen LogP contribution >= 0.6 is 11.3 Å². The van der Waals surface area contributed by atoms with Gasteiger partial charge in [0.05, 0.1) is 15.9 Å². The van der Waals surface area contributed by atoms with Gasteiger partial charge in [-0.1, -0.05) is 11.2 Å². The molecule has 4 rings (SSSR count). The molecule has 146 valence electrons. The van der Waals surface area contributed by atoms with Crippen LogP contribution in [0.25, 0.3) is 11.5 Å². The number of likely N-dealkylation sites (tertiary alicyclic amines) is 1. The number of ether oxygens (including phenoxy) is 1. The molecule has 0 saturated carbocycles. The zero-order valence-electron chi connectivity index (χ0n) is 15.7. The molecule has 28 heavy (non-hydrogen) atoms. The summed E-state index contributed by atoms with van der Waals surface area (Å²) < 4.78 is 10.9. The van der Waals surface area contributed by atoms with Crippen LogP contribution < -0.4 is 0 Å². The van der Waals surface area contributed by atoms with Crippen molar-refractivity contribution in [1.82, 2.24) is 20.0 Å². The Bertz CT molecular complexity index is 913. The summed E-state index contributed by atoms with van der Waals surface area (Å²) in [6.07, 6.45) is 5.90. The highest BCUT2D eigenvalue weighted by atomic mass is 32.1. The van der Waals surface area contributed by atoms with Gasteiger partial charge in [0.2, 0.25) is 0 Å². The summed E-state index contributed by atoms with van der Waals surface area (Å²) in [4.78, 5) is 24.4. The second kappa shape index (κ2) is 8.20. The minimum absolute atomic E-state index is 0.0625. The van der Waals surface area contributed by atoms with Crippen LogP contribution in [0.3, 0.4) is 0 Å². The number of piperidine rings is 1. The molecule has 1 aliphatic rings. The number of aromatic nitrogens is 3. The third-order valence-electron chi connectivity index (χ3n) is 5.19. The van der Waals surface area contributed by atoms with Gasteiger partial charge in [0.15, 0.2) is 5.82 Å². The summed E-state index contributed by atoms with van der Waals surface area (Å²) in [7, 11) is 1.68. The maximum atomic E-state index is 12.9. The van der Waals surface area contributed by atoms with E-state index in [0.29, 0.717) is 24.9 Å². The number of amides is 1. The fourth-order valence-electron chi connectivity index (χ4n) is 3.70. The summed E-state index contributed by atoms with van der Waals surface area (Å²) >= 11 is 1.47. The molecule has 0 spiro atoms. The Balaban J connectivity index is 1.63. The van der Waals surface area contributed by atoms with E-state index in [1.807, 2.05) is 34.5 Å². The van der Waals surface area contributed by atoms with E-state index in [2.05, 4.69) is 15.1 Å². The lowest BCUT2D eigenvalue weighted by Gasteiger charge is -2.40. The van der Waals surface area contributed by atoms with E-state index in [4.69, 9.17) is 9.26 Å².